The summed E-state index contributed by atoms with van der Waals surface area (Å²) in [4.78, 5) is 59.6. The predicted octanol–water partition coefficient (Wildman–Crippen LogP) is 7.90. The number of hydrogen-bond donors (Lipinski definition) is 1. The van der Waals surface area contributed by atoms with E-state index in [0.29, 0.717) is 99.4 Å². The smallest absolute Gasteiger partial charge is 0.410 e. The molecule has 1 saturated heterocycles. The molecule has 1 aliphatic carbocycles. The highest BCUT2D eigenvalue weighted by molar-refractivity contribution is 5.84. The van der Waals surface area contributed by atoms with Crippen molar-refractivity contribution < 1.29 is 23.1 Å². The number of carbonyl (C=O) groups excluding carboxylic acids is 2. The number of pyridine rings is 1. The molecule has 1 saturated carbocycles. The number of ether oxygens (including phenoxy) is 1. The number of rotatable bonds is 7. The second-order valence-electron chi connectivity index (χ2n) is 17.3. The van der Waals surface area contributed by atoms with Crippen LogP contribution in [0.3, 0.4) is 0 Å². The first kappa shape index (κ1) is 39.3. The van der Waals surface area contributed by atoms with Crippen LogP contribution in [0.2, 0.25) is 0 Å². The molecule has 2 aliphatic heterocycles. The molecule has 0 spiro atoms. The van der Waals surface area contributed by atoms with E-state index in [4.69, 9.17) is 9.72 Å². The third-order valence-electron chi connectivity index (χ3n) is 12.2. The van der Waals surface area contributed by atoms with E-state index in [0.717, 1.165) is 28.4 Å². The minimum Gasteiger partial charge on any atom is -0.444 e. The largest absolute Gasteiger partial charge is 0.444 e. The van der Waals surface area contributed by atoms with Gasteiger partial charge in [0.15, 0.2) is 5.65 Å². The van der Waals surface area contributed by atoms with E-state index in [9.17, 15) is 23.2 Å². The number of fused-ring (bicyclic) bond motifs is 4. The fourth-order valence-electron chi connectivity index (χ4n) is 9.33. The van der Waals surface area contributed by atoms with Crippen LogP contribution in [0, 0.1) is 17.6 Å². The zero-order valence-corrected chi connectivity index (χ0v) is 34.1. The number of carbonyl (C=O) groups is 2. The van der Waals surface area contributed by atoms with Crippen LogP contribution < -0.4 is 11.0 Å². The van der Waals surface area contributed by atoms with Gasteiger partial charge in [0.05, 0.1) is 19.3 Å². The zero-order valence-electron chi connectivity index (χ0n) is 34.1. The Hall–Kier alpha value is -6.12. The normalized spacial score (nSPS) is 18.8. The first-order valence-corrected chi connectivity index (χ1v) is 20.9. The number of nitrogens with one attached hydrogen (secondary N) is 1. The van der Waals surface area contributed by atoms with Crippen LogP contribution in [0.4, 0.5) is 25.2 Å². The van der Waals surface area contributed by atoms with Crippen molar-refractivity contribution in [2.45, 2.75) is 96.5 Å². The molecule has 312 valence electrons. The third-order valence-corrected chi connectivity index (χ3v) is 12.2. The van der Waals surface area contributed by atoms with Crippen molar-refractivity contribution in [3.05, 3.63) is 112 Å². The van der Waals surface area contributed by atoms with Crippen molar-refractivity contribution in [3.63, 3.8) is 0 Å². The van der Waals surface area contributed by atoms with Crippen LogP contribution in [0.1, 0.15) is 88.2 Å². The first-order valence-electron chi connectivity index (χ1n) is 20.9. The van der Waals surface area contributed by atoms with Gasteiger partial charge in [-0.15, -0.1) is 0 Å². The Balaban J connectivity index is 0.944. The van der Waals surface area contributed by atoms with Crippen molar-refractivity contribution in [1.82, 2.24) is 38.5 Å². The lowest BCUT2D eigenvalue weighted by molar-refractivity contribution is -0.137. The highest BCUT2D eigenvalue weighted by atomic mass is 19.1. The van der Waals surface area contributed by atoms with Crippen molar-refractivity contribution in [1.29, 1.82) is 0 Å². The predicted molar refractivity (Wildman–Crippen MR) is 223 cm³/mol. The molecule has 2 fully saturated rings. The quantitative estimate of drug-likeness (QED) is 0.172. The van der Waals surface area contributed by atoms with Crippen molar-refractivity contribution in [2.75, 3.05) is 25.0 Å². The molecular formula is C45H49F2N9O4. The number of halogens is 2. The Labute approximate surface area is 346 Å². The van der Waals surface area contributed by atoms with Crippen LogP contribution in [0.15, 0.2) is 77.9 Å². The topological polar surface area (TPSA) is 132 Å². The maximum absolute atomic E-state index is 14.9. The molecule has 4 aromatic heterocycles. The van der Waals surface area contributed by atoms with Gasteiger partial charge in [0, 0.05) is 72.2 Å². The Morgan fingerprint density at radius 1 is 0.850 bits per heavy atom. The molecule has 13 nitrogen and oxygen atoms in total. The molecule has 6 aromatic rings. The van der Waals surface area contributed by atoms with E-state index in [-0.39, 0.29) is 42.2 Å². The van der Waals surface area contributed by atoms with E-state index >= 15 is 0 Å². The standard InChI is InChI=1S/C45H49F2N9O4/c1-45(2,3)60-44(59)52-21-17-33(18-22-52)56-40-37(25-49-42(51-40)50-31-8-5-4-6-9-31)55(43(56)58)32-15-12-28(13-16-32)41(57)53-23-19-34-35-10-7-20-48-39(35)54(38(34)27-53)26-29-11-14-30(46)24-36(29)47/h4-11,14,20,24-25,28,32-33H,12-13,15-19,21-23,26-27H2,1-3H3,(H,49,50,51). The van der Waals surface area contributed by atoms with Gasteiger partial charge in [-0.05, 0) is 102 Å². The Morgan fingerprint density at radius 2 is 1.60 bits per heavy atom. The van der Waals surface area contributed by atoms with Crippen molar-refractivity contribution in [2.24, 2.45) is 5.92 Å². The number of anilines is 2. The summed E-state index contributed by atoms with van der Waals surface area (Å²) in [6.45, 7) is 7.53. The molecule has 6 heterocycles. The third kappa shape index (κ3) is 7.61. The molecule has 1 N–H and O–H groups in total. The molecule has 0 unspecified atom stereocenters. The summed E-state index contributed by atoms with van der Waals surface area (Å²) in [5.74, 6) is -1.02. The van der Waals surface area contributed by atoms with Gasteiger partial charge in [0.1, 0.15) is 28.4 Å². The van der Waals surface area contributed by atoms with Crippen LogP contribution in [-0.4, -0.2) is 75.7 Å². The average Bonchev–Trinajstić information content (AvgIpc) is 3.71. The molecule has 2 aromatic carbocycles. The lowest BCUT2D eigenvalue weighted by atomic mass is 9.84. The molecule has 60 heavy (non-hydrogen) atoms. The number of nitrogens with zero attached hydrogens (tertiary/aromatic N) is 8. The van der Waals surface area contributed by atoms with Crippen LogP contribution in [0.5, 0.6) is 0 Å². The lowest BCUT2D eigenvalue weighted by Crippen LogP contribution is -2.43. The van der Waals surface area contributed by atoms with Gasteiger partial charge in [0.2, 0.25) is 11.9 Å². The van der Waals surface area contributed by atoms with Crippen LogP contribution in [-0.2, 0) is 29.0 Å². The number of piperidine rings is 1. The molecule has 2 amide bonds. The average molecular weight is 818 g/mol. The summed E-state index contributed by atoms with van der Waals surface area (Å²) in [6.07, 6.45) is 7.32. The lowest BCUT2D eigenvalue weighted by Gasteiger charge is -2.35. The second-order valence-corrected chi connectivity index (χ2v) is 17.3. The number of para-hydroxylation sites is 1. The molecule has 15 heteroatoms. The highest BCUT2D eigenvalue weighted by Crippen LogP contribution is 2.38. The fraction of sp³-hybridized carbons (Fsp3) is 0.422. The number of amides is 2. The Bertz CT molecular complexity index is 2630. The summed E-state index contributed by atoms with van der Waals surface area (Å²) in [6, 6.07) is 16.8. The summed E-state index contributed by atoms with van der Waals surface area (Å²) >= 11 is 0. The molecule has 0 radical (unpaired) electrons. The minimum atomic E-state index is -0.632. The zero-order chi connectivity index (χ0) is 41.7. The number of aromatic nitrogens is 6. The van der Waals surface area contributed by atoms with E-state index < -0.39 is 17.2 Å². The maximum Gasteiger partial charge on any atom is 0.410 e. The maximum atomic E-state index is 14.9. The van der Waals surface area contributed by atoms with Crippen LogP contribution >= 0.6 is 0 Å². The molecular weight excluding hydrogens is 769 g/mol. The van der Waals surface area contributed by atoms with Crippen molar-refractivity contribution in [3.8, 4) is 0 Å². The molecule has 9 rings (SSSR count). The van der Waals surface area contributed by atoms with E-state index in [1.54, 1.807) is 21.9 Å². The number of imidazole rings is 1. The van der Waals surface area contributed by atoms with Gasteiger partial charge >= 0.3 is 11.8 Å². The van der Waals surface area contributed by atoms with E-state index in [1.165, 1.54) is 12.1 Å². The van der Waals surface area contributed by atoms with E-state index in [1.807, 2.05) is 77.3 Å². The van der Waals surface area contributed by atoms with Crippen LogP contribution in [0.25, 0.3) is 22.2 Å². The summed E-state index contributed by atoms with van der Waals surface area (Å²) in [5.41, 5.74) is 4.31. The number of hydrogen-bond acceptors (Lipinski definition) is 8. The summed E-state index contributed by atoms with van der Waals surface area (Å²) in [5, 5.41) is 4.25. The SMILES string of the molecule is CC(C)(C)OC(=O)N1CCC(n2c(=O)n(C3CCC(C(=O)N4CCc5c(n(Cc6ccc(F)cc6F)c6ncccc56)C4)CC3)c3cnc(Nc4ccccc4)nc32)CC1. The highest BCUT2D eigenvalue weighted by Gasteiger charge is 2.36. The van der Waals surface area contributed by atoms with Gasteiger partial charge in [-0.3, -0.25) is 13.9 Å². The van der Waals surface area contributed by atoms with E-state index in [2.05, 4.69) is 15.3 Å². The second kappa shape index (κ2) is 15.8. The number of benzene rings is 2. The van der Waals surface area contributed by atoms with Gasteiger partial charge < -0.3 is 24.4 Å². The first-order chi connectivity index (χ1) is 28.9. The Kier molecular flexibility index (Phi) is 10.4. The minimum absolute atomic E-state index is 0.0725. The van der Waals surface area contributed by atoms with Gasteiger partial charge in [-0.25, -0.2) is 28.3 Å². The van der Waals surface area contributed by atoms with Gasteiger partial charge in [-0.2, -0.15) is 4.98 Å². The van der Waals surface area contributed by atoms with Gasteiger partial charge in [0.25, 0.3) is 0 Å². The number of likely N-dealkylation sites (tertiary alicyclic amines) is 1. The molecule has 0 atom stereocenters. The molecule has 3 aliphatic rings. The Morgan fingerprint density at radius 3 is 2.33 bits per heavy atom. The summed E-state index contributed by atoms with van der Waals surface area (Å²) in [7, 11) is 0. The summed E-state index contributed by atoms with van der Waals surface area (Å²) < 4.78 is 39.9. The monoisotopic (exact) mass is 817 g/mol. The van der Waals surface area contributed by atoms with Crippen molar-refractivity contribution >= 4 is 45.8 Å². The van der Waals surface area contributed by atoms with Gasteiger partial charge in [-0.1, -0.05) is 24.3 Å². The fourth-order valence-corrected chi connectivity index (χ4v) is 9.33. The molecule has 0 bridgehead atoms.